The maximum Gasteiger partial charge on any atom is 0.0285 e. The summed E-state index contributed by atoms with van der Waals surface area (Å²) in [6.07, 6.45) is 3.38. The Hall–Kier alpha value is -0.640. The van der Waals surface area contributed by atoms with Gasteiger partial charge in [0.05, 0.1) is 0 Å². The smallest absolute Gasteiger partial charge is 0.0285 e. The van der Waals surface area contributed by atoms with Crippen LogP contribution in [0.4, 0.5) is 0 Å². The Bertz CT molecular complexity index is 576. The molecule has 2 aromatic rings. The quantitative estimate of drug-likeness (QED) is 0.703. The summed E-state index contributed by atoms with van der Waals surface area (Å²) >= 11 is 5.40. The molecule has 0 bridgehead atoms. The SMILES string of the molecule is CCCNC(Cc1cc(Br)cs1)Cc1cc(C)ccc1C. The van der Waals surface area contributed by atoms with Crippen molar-refractivity contribution < 1.29 is 0 Å². The molecule has 0 saturated carbocycles. The molecule has 2 rings (SSSR count). The first-order valence-corrected chi connectivity index (χ1v) is 9.28. The zero-order valence-electron chi connectivity index (χ0n) is 13.1. The molecule has 1 heterocycles. The third kappa shape index (κ3) is 5.24. The number of thiophene rings is 1. The highest BCUT2D eigenvalue weighted by atomic mass is 79.9. The fraction of sp³-hybridized carbons (Fsp3) is 0.444. The molecule has 0 fully saturated rings. The van der Waals surface area contributed by atoms with Crippen molar-refractivity contribution in [3.63, 3.8) is 0 Å². The van der Waals surface area contributed by atoms with Crippen molar-refractivity contribution >= 4 is 27.3 Å². The second-order valence-electron chi connectivity index (χ2n) is 5.72. The molecule has 0 aliphatic rings. The van der Waals surface area contributed by atoms with Crippen LogP contribution in [0.25, 0.3) is 0 Å². The Kier molecular flexibility index (Phi) is 6.46. The van der Waals surface area contributed by atoms with E-state index in [4.69, 9.17) is 0 Å². The van der Waals surface area contributed by atoms with Gasteiger partial charge in [0.1, 0.15) is 0 Å². The van der Waals surface area contributed by atoms with Gasteiger partial charge in [-0.05, 0) is 72.8 Å². The van der Waals surface area contributed by atoms with E-state index in [0.717, 1.165) is 19.4 Å². The Morgan fingerprint density at radius 2 is 2.00 bits per heavy atom. The predicted molar refractivity (Wildman–Crippen MR) is 97.4 cm³/mol. The van der Waals surface area contributed by atoms with E-state index in [1.807, 2.05) is 11.3 Å². The Balaban J connectivity index is 2.09. The Morgan fingerprint density at radius 1 is 1.19 bits per heavy atom. The van der Waals surface area contributed by atoms with E-state index in [1.54, 1.807) is 0 Å². The van der Waals surface area contributed by atoms with Gasteiger partial charge < -0.3 is 5.32 Å². The minimum Gasteiger partial charge on any atom is -0.313 e. The molecule has 0 amide bonds. The largest absolute Gasteiger partial charge is 0.313 e. The second-order valence-corrected chi connectivity index (χ2v) is 7.63. The van der Waals surface area contributed by atoms with Gasteiger partial charge in [-0.1, -0.05) is 30.7 Å². The van der Waals surface area contributed by atoms with Gasteiger partial charge in [0.25, 0.3) is 0 Å². The van der Waals surface area contributed by atoms with Crippen molar-refractivity contribution in [1.29, 1.82) is 0 Å². The highest BCUT2D eigenvalue weighted by Crippen LogP contribution is 2.22. The minimum absolute atomic E-state index is 0.510. The van der Waals surface area contributed by atoms with Gasteiger partial charge in [-0.2, -0.15) is 0 Å². The molecule has 1 nitrogen and oxygen atoms in total. The average Bonchev–Trinajstić information content (AvgIpc) is 2.85. The van der Waals surface area contributed by atoms with Crippen LogP contribution in [-0.2, 0) is 12.8 Å². The van der Waals surface area contributed by atoms with Crippen LogP contribution in [-0.4, -0.2) is 12.6 Å². The molecule has 1 atom stereocenters. The lowest BCUT2D eigenvalue weighted by Crippen LogP contribution is -2.33. The van der Waals surface area contributed by atoms with Crippen LogP contribution in [0.15, 0.2) is 34.1 Å². The van der Waals surface area contributed by atoms with E-state index in [0.29, 0.717) is 6.04 Å². The topological polar surface area (TPSA) is 12.0 Å². The number of hydrogen-bond donors (Lipinski definition) is 1. The Labute approximate surface area is 140 Å². The molecule has 1 unspecified atom stereocenters. The average molecular weight is 366 g/mol. The van der Waals surface area contributed by atoms with Gasteiger partial charge in [0.2, 0.25) is 0 Å². The summed E-state index contributed by atoms with van der Waals surface area (Å²) in [6, 6.07) is 9.53. The van der Waals surface area contributed by atoms with Crippen LogP contribution in [0.3, 0.4) is 0 Å². The zero-order chi connectivity index (χ0) is 15.2. The lowest BCUT2D eigenvalue weighted by Gasteiger charge is -2.19. The standard InChI is InChI=1S/C18H24BrNS/c1-4-7-20-17(11-18-10-16(19)12-21-18)9-15-8-13(2)5-6-14(15)3/h5-6,8,10,12,17,20H,4,7,9,11H2,1-3H3. The fourth-order valence-electron chi connectivity index (χ4n) is 2.55. The summed E-state index contributed by atoms with van der Waals surface area (Å²) in [5.41, 5.74) is 4.22. The molecule has 0 radical (unpaired) electrons. The van der Waals surface area contributed by atoms with Gasteiger partial charge in [-0.15, -0.1) is 11.3 Å². The van der Waals surface area contributed by atoms with Gasteiger partial charge >= 0.3 is 0 Å². The van der Waals surface area contributed by atoms with E-state index in [2.05, 4.69) is 71.7 Å². The lowest BCUT2D eigenvalue weighted by molar-refractivity contribution is 0.506. The first-order chi connectivity index (χ1) is 10.1. The van der Waals surface area contributed by atoms with Gasteiger partial charge in [0, 0.05) is 20.8 Å². The number of halogens is 1. The van der Waals surface area contributed by atoms with Crippen LogP contribution >= 0.6 is 27.3 Å². The summed E-state index contributed by atoms with van der Waals surface area (Å²) in [5, 5.41) is 5.88. The first kappa shape index (κ1) is 16.7. The van der Waals surface area contributed by atoms with E-state index in [9.17, 15) is 0 Å². The monoisotopic (exact) mass is 365 g/mol. The number of hydrogen-bond acceptors (Lipinski definition) is 2. The van der Waals surface area contributed by atoms with Crippen molar-refractivity contribution in [3.8, 4) is 0 Å². The van der Waals surface area contributed by atoms with Crippen LogP contribution in [0, 0.1) is 13.8 Å². The number of benzene rings is 1. The fourth-order valence-corrected chi connectivity index (χ4v) is 4.09. The van der Waals surface area contributed by atoms with Crippen molar-refractivity contribution in [2.24, 2.45) is 0 Å². The van der Waals surface area contributed by atoms with Gasteiger partial charge in [-0.25, -0.2) is 0 Å². The Morgan fingerprint density at radius 3 is 2.67 bits per heavy atom. The first-order valence-electron chi connectivity index (χ1n) is 7.61. The zero-order valence-corrected chi connectivity index (χ0v) is 15.5. The third-order valence-corrected chi connectivity index (χ3v) is 5.44. The maximum absolute atomic E-state index is 3.71. The molecule has 0 spiro atoms. The molecule has 3 heteroatoms. The summed E-state index contributed by atoms with van der Waals surface area (Å²) in [4.78, 5) is 1.45. The maximum atomic E-state index is 3.71. The number of aryl methyl sites for hydroxylation is 2. The van der Waals surface area contributed by atoms with Crippen molar-refractivity contribution in [2.75, 3.05) is 6.54 Å². The van der Waals surface area contributed by atoms with Crippen LogP contribution in [0.2, 0.25) is 0 Å². The van der Waals surface area contributed by atoms with E-state index in [1.165, 1.54) is 32.5 Å². The highest BCUT2D eigenvalue weighted by Gasteiger charge is 2.13. The van der Waals surface area contributed by atoms with Gasteiger partial charge in [-0.3, -0.25) is 0 Å². The molecular weight excluding hydrogens is 342 g/mol. The molecule has 114 valence electrons. The molecule has 0 aliphatic carbocycles. The minimum atomic E-state index is 0.510. The normalized spacial score (nSPS) is 12.6. The molecule has 0 saturated heterocycles. The number of rotatable bonds is 7. The lowest BCUT2D eigenvalue weighted by atomic mass is 9.97. The van der Waals surface area contributed by atoms with E-state index >= 15 is 0 Å². The van der Waals surface area contributed by atoms with Crippen molar-refractivity contribution in [3.05, 3.63) is 55.7 Å². The molecule has 1 aromatic heterocycles. The van der Waals surface area contributed by atoms with E-state index < -0.39 is 0 Å². The molecular formula is C18H24BrNS. The van der Waals surface area contributed by atoms with Gasteiger partial charge in [0.15, 0.2) is 0 Å². The predicted octanol–water partition coefficient (Wildman–Crippen LogP) is 5.28. The summed E-state index contributed by atoms with van der Waals surface area (Å²) in [5.74, 6) is 0. The molecule has 21 heavy (non-hydrogen) atoms. The van der Waals surface area contributed by atoms with Crippen molar-refractivity contribution in [1.82, 2.24) is 5.32 Å². The van der Waals surface area contributed by atoms with E-state index in [-0.39, 0.29) is 0 Å². The second kappa shape index (κ2) is 8.11. The molecule has 1 aromatic carbocycles. The molecule has 0 aliphatic heterocycles. The third-order valence-electron chi connectivity index (χ3n) is 3.72. The highest BCUT2D eigenvalue weighted by molar-refractivity contribution is 9.10. The van der Waals surface area contributed by atoms with Crippen molar-refractivity contribution in [2.45, 2.75) is 46.1 Å². The van der Waals surface area contributed by atoms with Crippen LogP contribution in [0.1, 0.15) is 34.9 Å². The van der Waals surface area contributed by atoms with Crippen LogP contribution in [0.5, 0.6) is 0 Å². The number of nitrogens with one attached hydrogen (secondary N) is 1. The summed E-state index contributed by atoms with van der Waals surface area (Å²) in [6.45, 7) is 7.70. The van der Waals surface area contributed by atoms with Crippen LogP contribution < -0.4 is 5.32 Å². The molecule has 1 N–H and O–H groups in total. The summed E-state index contributed by atoms with van der Waals surface area (Å²) < 4.78 is 1.20. The summed E-state index contributed by atoms with van der Waals surface area (Å²) in [7, 11) is 0.